The lowest BCUT2D eigenvalue weighted by Gasteiger charge is -2.15. The summed E-state index contributed by atoms with van der Waals surface area (Å²) >= 11 is 7.72. The first-order valence-electron chi connectivity index (χ1n) is 8.66. The summed E-state index contributed by atoms with van der Waals surface area (Å²) in [5, 5.41) is 4.92. The summed E-state index contributed by atoms with van der Waals surface area (Å²) in [5.74, 6) is 0.604. The van der Waals surface area contributed by atoms with Crippen molar-refractivity contribution in [3.05, 3.63) is 57.3 Å². The highest BCUT2D eigenvalue weighted by Crippen LogP contribution is 2.31. The lowest BCUT2D eigenvalue weighted by molar-refractivity contribution is -0.123. The van der Waals surface area contributed by atoms with Gasteiger partial charge >= 0.3 is 0 Å². The fourth-order valence-electron chi connectivity index (χ4n) is 2.72. The number of rotatable bonds is 5. The third kappa shape index (κ3) is 4.34. The number of aryl methyl sites for hydroxylation is 2. The van der Waals surface area contributed by atoms with Gasteiger partial charge in [-0.3, -0.25) is 4.79 Å². The first-order valence-corrected chi connectivity index (χ1v) is 9.86. The Kier molecular flexibility index (Phi) is 5.87. The van der Waals surface area contributed by atoms with Crippen LogP contribution in [-0.2, 0) is 11.8 Å². The van der Waals surface area contributed by atoms with Crippen LogP contribution in [0.5, 0.6) is 5.75 Å². The SMILES string of the molecule is Cc1cc(OCC(=O)N/N=c2\sc3ccccc3n2C)c(C(C)C)cc1Cl. The highest BCUT2D eigenvalue weighted by molar-refractivity contribution is 7.16. The van der Waals surface area contributed by atoms with E-state index in [1.54, 1.807) is 0 Å². The highest BCUT2D eigenvalue weighted by Gasteiger charge is 2.12. The number of carbonyl (C=O) groups is 1. The molecule has 2 aromatic carbocycles. The summed E-state index contributed by atoms with van der Waals surface area (Å²) in [6.45, 7) is 5.92. The van der Waals surface area contributed by atoms with Gasteiger partial charge in [-0.1, -0.05) is 48.9 Å². The number of thiazole rings is 1. The number of hydrogen-bond acceptors (Lipinski definition) is 4. The number of nitrogens with one attached hydrogen (secondary N) is 1. The lowest BCUT2D eigenvalue weighted by Crippen LogP contribution is -2.28. The Morgan fingerprint density at radius 3 is 2.78 bits per heavy atom. The van der Waals surface area contributed by atoms with E-state index >= 15 is 0 Å². The minimum absolute atomic E-state index is 0.112. The molecule has 1 heterocycles. The summed E-state index contributed by atoms with van der Waals surface area (Å²) in [6, 6.07) is 11.8. The largest absolute Gasteiger partial charge is 0.483 e. The molecule has 1 N–H and O–H groups in total. The van der Waals surface area contributed by atoms with Gasteiger partial charge in [0, 0.05) is 12.1 Å². The van der Waals surface area contributed by atoms with Crippen LogP contribution in [0.25, 0.3) is 10.2 Å². The van der Waals surface area contributed by atoms with Crippen LogP contribution in [0.4, 0.5) is 0 Å². The Hall–Kier alpha value is -2.31. The molecule has 0 aliphatic heterocycles. The topological polar surface area (TPSA) is 55.6 Å². The number of benzene rings is 2. The summed E-state index contributed by atoms with van der Waals surface area (Å²) < 4.78 is 8.80. The molecule has 0 saturated carbocycles. The second-order valence-corrected chi connectivity index (χ2v) is 8.06. The molecule has 0 saturated heterocycles. The van der Waals surface area contributed by atoms with Crippen molar-refractivity contribution < 1.29 is 9.53 Å². The standard InChI is InChI=1S/C20H22ClN3O2S/c1-12(2)14-10-15(21)13(3)9-17(14)26-11-19(25)22-23-20-24(4)16-7-5-6-8-18(16)27-20/h5-10,12H,11H2,1-4H3,(H,22,25)/b23-20-. The summed E-state index contributed by atoms with van der Waals surface area (Å²) in [5.41, 5.74) is 5.54. The molecule has 1 amide bonds. The zero-order valence-corrected chi connectivity index (χ0v) is 17.3. The molecule has 0 spiro atoms. The number of ether oxygens (including phenoxy) is 1. The van der Waals surface area contributed by atoms with E-state index in [-0.39, 0.29) is 18.4 Å². The average molecular weight is 404 g/mol. The monoisotopic (exact) mass is 403 g/mol. The summed E-state index contributed by atoms with van der Waals surface area (Å²) in [6.07, 6.45) is 0. The number of para-hydroxylation sites is 1. The summed E-state index contributed by atoms with van der Waals surface area (Å²) in [4.78, 5) is 12.9. The zero-order valence-electron chi connectivity index (χ0n) is 15.7. The van der Waals surface area contributed by atoms with Crippen molar-refractivity contribution in [2.45, 2.75) is 26.7 Å². The first-order chi connectivity index (χ1) is 12.9. The third-order valence-corrected chi connectivity index (χ3v) is 5.78. The Labute approximate surface area is 167 Å². The van der Waals surface area contributed by atoms with Crippen molar-refractivity contribution in [3.63, 3.8) is 0 Å². The van der Waals surface area contributed by atoms with Gasteiger partial charge in [0.2, 0.25) is 4.80 Å². The maximum Gasteiger partial charge on any atom is 0.278 e. The molecule has 0 fully saturated rings. The van der Waals surface area contributed by atoms with Crippen LogP contribution < -0.4 is 15.0 Å². The molecule has 3 aromatic rings. The predicted octanol–water partition coefficient (Wildman–Crippen LogP) is 4.34. The number of aromatic nitrogens is 1. The number of halogens is 1. The molecular weight excluding hydrogens is 382 g/mol. The molecule has 0 radical (unpaired) electrons. The second-order valence-electron chi connectivity index (χ2n) is 6.64. The molecule has 0 atom stereocenters. The number of nitrogens with zero attached hydrogens (tertiary/aromatic N) is 2. The van der Waals surface area contributed by atoms with Crippen molar-refractivity contribution in [3.8, 4) is 5.75 Å². The molecule has 0 bridgehead atoms. The molecule has 0 aliphatic carbocycles. The summed E-state index contributed by atoms with van der Waals surface area (Å²) in [7, 11) is 1.92. The Morgan fingerprint density at radius 2 is 2.07 bits per heavy atom. The molecule has 142 valence electrons. The van der Waals surface area contributed by atoms with Crippen LogP contribution in [0.2, 0.25) is 5.02 Å². The van der Waals surface area contributed by atoms with Crippen molar-refractivity contribution in [2.75, 3.05) is 6.61 Å². The Bertz CT molecular complexity index is 1050. The van der Waals surface area contributed by atoms with E-state index in [1.165, 1.54) is 11.3 Å². The van der Waals surface area contributed by atoms with Gasteiger partial charge in [-0.15, -0.1) is 5.10 Å². The van der Waals surface area contributed by atoms with Gasteiger partial charge in [0.05, 0.1) is 10.2 Å². The van der Waals surface area contributed by atoms with Gasteiger partial charge in [0.15, 0.2) is 6.61 Å². The van der Waals surface area contributed by atoms with Gasteiger partial charge in [-0.05, 0) is 48.2 Å². The fourth-order valence-corrected chi connectivity index (χ4v) is 3.87. The van der Waals surface area contributed by atoms with Crippen molar-refractivity contribution in [1.82, 2.24) is 9.99 Å². The molecule has 0 unspecified atom stereocenters. The Morgan fingerprint density at radius 1 is 1.33 bits per heavy atom. The van der Waals surface area contributed by atoms with E-state index in [4.69, 9.17) is 16.3 Å². The van der Waals surface area contributed by atoms with Crippen molar-refractivity contribution in [2.24, 2.45) is 12.1 Å². The maximum absolute atomic E-state index is 12.2. The van der Waals surface area contributed by atoms with Gasteiger partial charge in [-0.25, -0.2) is 5.43 Å². The minimum Gasteiger partial charge on any atom is -0.483 e. The van der Waals surface area contributed by atoms with E-state index < -0.39 is 0 Å². The lowest BCUT2D eigenvalue weighted by atomic mass is 10.0. The predicted molar refractivity (Wildman–Crippen MR) is 110 cm³/mol. The molecule has 7 heteroatoms. The smallest absolute Gasteiger partial charge is 0.278 e. The van der Waals surface area contributed by atoms with Gasteiger partial charge < -0.3 is 9.30 Å². The average Bonchev–Trinajstić information content (AvgIpc) is 2.96. The maximum atomic E-state index is 12.2. The normalized spacial score (nSPS) is 12.0. The molecule has 27 heavy (non-hydrogen) atoms. The van der Waals surface area contributed by atoms with E-state index in [0.29, 0.717) is 10.8 Å². The van der Waals surface area contributed by atoms with E-state index in [0.717, 1.165) is 26.1 Å². The van der Waals surface area contributed by atoms with Crippen LogP contribution in [-0.4, -0.2) is 17.1 Å². The van der Waals surface area contributed by atoms with Crippen LogP contribution in [0, 0.1) is 6.92 Å². The third-order valence-electron chi connectivity index (χ3n) is 4.26. The van der Waals surface area contributed by atoms with E-state index in [1.807, 2.05) is 54.9 Å². The van der Waals surface area contributed by atoms with Crippen molar-refractivity contribution >= 4 is 39.1 Å². The number of hydrogen-bond donors (Lipinski definition) is 1. The number of amides is 1. The van der Waals surface area contributed by atoms with Crippen LogP contribution in [0.3, 0.4) is 0 Å². The minimum atomic E-state index is -0.310. The fraction of sp³-hybridized carbons (Fsp3) is 0.300. The second kappa shape index (κ2) is 8.15. The molecule has 5 nitrogen and oxygen atoms in total. The van der Waals surface area contributed by atoms with Crippen LogP contribution >= 0.6 is 22.9 Å². The highest BCUT2D eigenvalue weighted by atomic mass is 35.5. The van der Waals surface area contributed by atoms with Crippen LogP contribution in [0.15, 0.2) is 41.5 Å². The van der Waals surface area contributed by atoms with Crippen molar-refractivity contribution in [1.29, 1.82) is 0 Å². The molecular formula is C20H22ClN3O2S. The first kappa shape index (κ1) is 19.5. The number of fused-ring (bicyclic) bond motifs is 1. The quantitative estimate of drug-likeness (QED) is 0.644. The van der Waals surface area contributed by atoms with Gasteiger partial charge in [0.1, 0.15) is 5.75 Å². The zero-order chi connectivity index (χ0) is 19.6. The van der Waals surface area contributed by atoms with E-state index in [9.17, 15) is 4.79 Å². The van der Waals surface area contributed by atoms with E-state index in [2.05, 4.69) is 24.4 Å². The number of carbonyl (C=O) groups excluding carboxylic acids is 1. The molecule has 0 aliphatic rings. The van der Waals surface area contributed by atoms with Gasteiger partial charge in [-0.2, -0.15) is 0 Å². The molecule has 1 aromatic heterocycles. The Balaban J connectivity index is 1.72. The van der Waals surface area contributed by atoms with Crippen LogP contribution in [0.1, 0.15) is 30.9 Å². The molecule has 3 rings (SSSR count). The van der Waals surface area contributed by atoms with Gasteiger partial charge in [0.25, 0.3) is 5.91 Å².